The molecule has 2 aliphatic heterocycles. The van der Waals surface area contributed by atoms with Gasteiger partial charge in [-0.2, -0.15) is 0 Å². The molecule has 1 aromatic carbocycles. The van der Waals surface area contributed by atoms with Crippen molar-refractivity contribution >= 4 is 27.6 Å². The van der Waals surface area contributed by atoms with E-state index in [-0.39, 0.29) is 6.09 Å². The van der Waals surface area contributed by atoms with Crippen LogP contribution in [-0.4, -0.2) is 53.7 Å². The number of likely N-dealkylation sites (tertiary alicyclic amines) is 1. The van der Waals surface area contributed by atoms with Crippen molar-refractivity contribution in [3.8, 4) is 0 Å². The summed E-state index contributed by atoms with van der Waals surface area (Å²) in [5, 5.41) is 1.24. The first-order valence-electron chi connectivity index (χ1n) is 8.32. The molecule has 2 fully saturated rings. The number of thiazole rings is 1. The predicted octanol–water partition coefficient (Wildman–Crippen LogP) is 3.28. The molecule has 1 amide bonds. The number of amides is 1. The zero-order chi connectivity index (χ0) is 15.6. The van der Waals surface area contributed by atoms with Crippen LogP contribution in [0.15, 0.2) is 24.3 Å². The van der Waals surface area contributed by atoms with E-state index >= 15 is 0 Å². The Kier molecular flexibility index (Phi) is 4.18. The fourth-order valence-corrected chi connectivity index (χ4v) is 4.64. The Balaban J connectivity index is 1.39. The lowest BCUT2D eigenvalue weighted by atomic mass is 10.2. The van der Waals surface area contributed by atoms with Crippen molar-refractivity contribution in [2.45, 2.75) is 25.3 Å². The third kappa shape index (κ3) is 3.05. The van der Waals surface area contributed by atoms with E-state index in [0.717, 1.165) is 38.1 Å². The van der Waals surface area contributed by atoms with Gasteiger partial charge in [-0.3, -0.25) is 4.90 Å². The van der Waals surface area contributed by atoms with Gasteiger partial charge >= 0.3 is 6.09 Å². The van der Waals surface area contributed by atoms with E-state index in [1.54, 1.807) is 0 Å². The maximum Gasteiger partial charge on any atom is 0.409 e. The monoisotopic (exact) mass is 331 g/mol. The van der Waals surface area contributed by atoms with Crippen LogP contribution in [0.4, 0.5) is 4.79 Å². The molecule has 3 heterocycles. The number of rotatable bonds is 5. The molecule has 4 rings (SSSR count). The molecule has 0 saturated carbocycles. The number of para-hydroxylation sites is 1. The minimum atomic E-state index is -0.158. The van der Waals surface area contributed by atoms with Gasteiger partial charge in [0.15, 0.2) is 0 Å². The van der Waals surface area contributed by atoms with Gasteiger partial charge in [-0.25, -0.2) is 9.78 Å². The molecule has 0 aliphatic carbocycles. The van der Waals surface area contributed by atoms with Crippen LogP contribution in [0.25, 0.3) is 10.2 Å². The van der Waals surface area contributed by atoms with Crippen LogP contribution in [-0.2, 0) is 4.74 Å². The molecule has 122 valence electrons. The summed E-state index contributed by atoms with van der Waals surface area (Å²) in [5.74, 6) is 0. The molecule has 23 heavy (non-hydrogen) atoms. The molecule has 1 atom stereocenters. The lowest BCUT2D eigenvalue weighted by Crippen LogP contribution is -2.30. The predicted molar refractivity (Wildman–Crippen MR) is 90.7 cm³/mol. The van der Waals surface area contributed by atoms with E-state index < -0.39 is 0 Å². The van der Waals surface area contributed by atoms with E-state index in [1.807, 2.05) is 22.3 Å². The second-order valence-corrected chi connectivity index (χ2v) is 7.23. The van der Waals surface area contributed by atoms with Crippen molar-refractivity contribution in [1.29, 1.82) is 0 Å². The van der Waals surface area contributed by atoms with Gasteiger partial charge in [0.25, 0.3) is 0 Å². The molecule has 0 bridgehead atoms. The van der Waals surface area contributed by atoms with Gasteiger partial charge in [0.05, 0.1) is 22.8 Å². The normalized spacial score (nSPS) is 22.2. The Hall–Kier alpha value is -1.66. The molecule has 0 radical (unpaired) electrons. The zero-order valence-corrected chi connectivity index (χ0v) is 13.9. The number of ether oxygens (including phenoxy) is 1. The average molecular weight is 331 g/mol. The zero-order valence-electron chi connectivity index (χ0n) is 13.1. The summed E-state index contributed by atoms with van der Waals surface area (Å²) in [6.07, 6.45) is 3.25. The van der Waals surface area contributed by atoms with E-state index in [0.29, 0.717) is 12.6 Å². The minimum absolute atomic E-state index is 0.158. The number of carbonyl (C=O) groups excluding carboxylic acids is 1. The molecular formula is C17H21N3O2S. The fourth-order valence-electron chi connectivity index (χ4n) is 3.50. The Morgan fingerprint density at radius 1 is 1.26 bits per heavy atom. The third-order valence-electron chi connectivity index (χ3n) is 4.68. The quantitative estimate of drug-likeness (QED) is 0.843. The number of benzene rings is 1. The number of carbonyl (C=O) groups is 1. The lowest BCUT2D eigenvalue weighted by molar-refractivity contribution is 0.156. The Morgan fingerprint density at radius 3 is 3.00 bits per heavy atom. The van der Waals surface area contributed by atoms with Gasteiger partial charge in [-0.05, 0) is 37.9 Å². The lowest BCUT2D eigenvalue weighted by Gasteiger charge is -2.23. The van der Waals surface area contributed by atoms with Crippen molar-refractivity contribution < 1.29 is 9.53 Å². The van der Waals surface area contributed by atoms with Crippen LogP contribution in [0.2, 0.25) is 0 Å². The molecule has 0 unspecified atom stereocenters. The van der Waals surface area contributed by atoms with Crippen molar-refractivity contribution in [2.24, 2.45) is 0 Å². The standard InChI is InChI=1S/C17H21N3O2S/c21-17-20(11-12-22-17)10-4-9-19-8-3-6-14(19)16-18-13-5-1-2-7-15(13)23-16/h1-2,5,7,14H,3-4,6,8-12H2/t14-/m1/s1. The smallest absolute Gasteiger partial charge is 0.409 e. The van der Waals surface area contributed by atoms with Crippen LogP contribution in [0.1, 0.15) is 30.3 Å². The van der Waals surface area contributed by atoms with Gasteiger partial charge in [0.1, 0.15) is 11.6 Å². The molecule has 5 nitrogen and oxygen atoms in total. The van der Waals surface area contributed by atoms with Crippen molar-refractivity contribution in [3.63, 3.8) is 0 Å². The molecule has 6 heteroatoms. The van der Waals surface area contributed by atoms with Crippen molar-refractivity contribution in [2.75, 3.05) is 32.8 Å². The molecule has 0 N–H and O–H groups in total. The number of cyclic esters (lactones) is 1. The summed E-state index contributed by atoms with van der Waals surface area (Å²) in [4.78, 5) is 20.6. The summed E-state index contributed by atoms with van der Waals surface area (Å²) < 4.78 is 6.25. The largest absolute Gasteiger partial charge is 0.448 e. The second-order valence-electron chi connectivity index (χ2n) is 6.17. The Bertz CT molecular complexity index is 669. The Morgan fingerprint density at radius 2 is 2.17 bits per heavy atom. The van der Waals surface area contributed by atoms with Crippen molar-refractivity contribution in [3.05, 3.63) is 29.3 Å². The molecule has 2 aliphatic rings. The van der Waals surface area contributed by atoms with E-state index in [9.17, 15) is 4.79 Å². The van der Waals surface area contributed by atoms with E-state index in [1.165, 1.54) is 22.5 Å². The molecule has 0 spiro atoms. The molecule has 2 saturated heterocycles. The van der Waals surface area contributed by atoms with Crippen molar-refractivity contribution in [1.82, 2.24) is 14.8 Å². The maximum absolute atomic E-state index is 11.5. The van der Waals surface area contributed by atoms with Crippen LogP contribution in [0.5, 0.6) is 0 Å². The highest BCUT2D eigenvalue weighted by molar-refractivity contribution is 7.18. The minimum Gasteiger partial charge on any atom is -0.448 e. The first-order valence-corrected chi connectivity index (χ1v) is 9.14. The van der Waals surface area contributed by atoms with Crippen LogP contribution >= 0.6 is 11.3 Å². The van der Waals surface area contributed by atoms with E-state index in [2.05, 4.69) is 23.1 Å². The number of hydrogen-bond donors (Lipinski definition) is 0. The highest BCUT2D eigenvalue weighted by Gasteiger charge is 2.29. The number of nitrogens with zero attached hydrogens (tertiary/aromatic N) is 3. The summed E-state index contributed by atoms with van der Waals surface area (Å²) >= 11 is 1.82. The third-order valence-corrected chi connectivity index (χ3v) is 5.82. The number of hydrogen-bond acceptors (Lipinski definition) is 5. The second kappa shape index (κ2) is 6.45. The van der Waals surface area contributed by atoms with E-state index in [4.69, 9.17) is 9.72 Å². The highest BCUT2D eigenvalue weighted by atomic mass is 32.1. The number of fused-ring (bicyclic) bond motifs is 1. The van der Waals surface area contributed by atoms with Gasteiger partial charge in [0, 0.05) is 13.1 Å². The highest BCUT2D eigenvalue weighted by Crippen LogP contribution is 2.36. The molecular weight excluding hydrogens is 310 g/mol. The topological polar surface area (TPSA) is 45.7 Å². The molecule has 1 aromatic heterocycles. The molecule has 2 aromatic rings. The average Bonchev–Trinajstić information content (AvgIpc) is 3.26. The van der Waals surface area contributed by atoms with Crippen LogP contribution in [0.3, 0.4) is 0 Å². The van der Waals surface area contributed by atoms with Gasteiger partial charge in [-0.15, -0.1) is 11.3 Å². The van der Waals surface area contributed by atoms with Gasteiger partial charge < -0.3 is 9.64 Å². The summed E-state index contributed by atoms with van der Waals surface area (Å²) in [5.41, 5.74) is 1.11. The fraction of sp³-hybridized carbons (Fsp3) is 0.529. The van der Waals surface area contributed by atoms with Crippen LogP contribution < -0.4 is 0 Å². The van der Waals surface area contributed by atoms with Gasteiger partial charge in [0.2, 0.25) is 0 Å². The maximum atomic E-state index is 11.5. The SMILES string of the molecule is O=C1OCCN1CCCN1CCC[C@@H]1c1nc2ccccc2s1. The van der Waals surface area contributed by atoms with Crippen LogP contribution in [0, 0.1) is 0 Å². The summed E-state index contributed by atoms with van der Waals surface area (Å²) in [7, 11) is 0. The van der Waals surface area contributed by atoms with Gasteiger partial charge in [-0.1, -0.05) is 12.1 Å². The first kappa shape index (κ1) is 14.9. The summed E-state index contributed by atoms with van der Waals surface area (Å²) in [6, 6.07) is 8.81. The first-order chi connectivity index (χ1) is 11.3. The Labute approximate surface area is 139 Å². The number of aromatic nitrogens is 1. The summed E-state index contributed by atoms with van der Waals surface area (Å²) in [6.45, 7) is 4.22.